The van der Waals surface area contributed by atoms with E-state index in [1.165, 1.54) is 0 Å². The van der Waals surface area contributed by atoms with Crippen LogP contribution in [0.2, 0.25) is 0 Å². The number of nitrogens with zero attached hydrogens (tertiary/aromatic N) is 1. The van der Waals surface area contributed by atoms with Crippen LogP contribution in [-0.2, 0) is 4.79 Å². The number of rotatable bonds is 14. The molecule has 0 radical (unpaired) electrons. The van der Waals surface area contributed by atoms with Gasteiger partial charge in [0.1, 0.15) is 6.29 Å². The van der Waals surface area contributed by atoms with E-state index in [4.69, 9.17) is 0 Å². The highest BCUT2D eigenvalue weighted by Gasteiger charge is 2.06. The van der Waals surface area contributed by atoms with Crippen molar-refractivity contribution >= 4 is 6.29 Å². The number of hydrogen-bond acceptors (Lipinski definition) is 3. The first kappa shape index (κ1) is 20.3. The number of carbonyl (C=O) groups excluding carboxylic acids is 1. The van der Waals surface area contributed by atoms with Crippen molar-refractivity contribution in [2.75, 3.05) is 0 Å². The van der Waals surface area contributed by atoms with Gasteiger partial charge in [0.2, 0.25) is 5.70 Å². The van der Waals surface area contributed by atoms with Gasteiger partial charge in [-0.3, -0.25) is 10.1 Å². The molecule has 0 rings (SSSR count). The maximum atomic E-state index is 10.9. The molecule has 0 aromatic rings. The molecule has 0 bridgehead atoms. The lowest BCUT2D eigenvalue weighted by molar-refractivity contribution is -0.427. The van der Waals surface area contributed by atoms with Gasteiger partial charge in [-0.2, -0.15) is 0 Å². The number of allylic oxidation sites excluding steroid dienone is 5. The summed E-state index contributed by atoms with van der Waals surface area (Å²) in [6, 6.07) is 0. The van der Waals surface area contributed by atoms with E-state index < -0.39 is 0 Å². The first-order valence-corrected chi connectivity index (χ1v) is 8.29. The summed E-state index contributed by atoms with van der Waals surface area (Å²) in [5.74, 6) is 0. The van der Waals surface area contributed by atoms with Gasteiger partial charge >= 0.3 is 0 Å². The van der Waals surface area contributed by atoms with Gasteiger partial charge in [-0.15, -0.1) is 0 Å². The van der Waals surface area contributed by atoms with E-state index in [9.17, 15) is 14.9 Å². The minimum atomic E-state index is -0.294. The molecule has 0 aromatic heterocycles. The molecule has 4 nitrogen and oxygen atoms in total. The van der Waals surface area contributed by atoms with Crippen LogP contribution in [0.3, 0.4) is 0 Å². The average molecular weight is 307 g/mol. The van der Waals surface area contributed by atoms with Crippen molar-refractivity contribution < 1.29 is 9.72 Å². The van der Waals surface area contributed by atoms with Crippen LogP contribution in [0, 0.1) is 10.1 Å². The molecule has 0 spiro atoms. The molecule has 124 valence electrons. The fourth-order valence-electron chi connectivity index (χ4n) is 2.04. The monoisotopic (exact) mass is 307 g/mol. The molecule has 0 fully saturated rings. The van der Waals surface area contributed by atoms with E-state index in [-0.39, 0.29) is 10.6 Å². The lowest BCUT2D eigenvalue weighted by Gasteiger charge is -1.97. The highest BCUT2D eigenvalue weighted by Crippen LogP contribution is 2.09. The van der Waals surface area contributed by atoms with Crippen LogP contribution in [0.5, 0.6) is 0 Å². The summed E-state index contributed by atoms with van der Waals surface area (Å²) in [7, 11) is 0. The Labute approximate surface area is 134 Å². The fraction of sp³-hybridized carbons (Fsp3) is 0.611. The molecular formula is C18H29NO3. The molecule has 0 aliphatic carbocycles. The van der Waals surface area contributed by atoms with Gasteiger partial charge in [0.05, 0.1) is 11.3 Å². The van der Waals surface area contributed by atoms with Crippen molar-refractivity contribution in [3.8, 4) is 0 Å². The lowest BCUT2D eigenvalue weighted by atomic mass is 10.1. The third kappa shape index (κ3) is 13.3. The average Bonchev–Trinajstić information content (AvgIpc) is 2.50. The minimum Gasteiger partial charge on any atom is -0.303 e. The molecule has 22 heavy (non-hydrogen) atoms. The SMILES string of the molecule is CC/C=C\C/C=C(\C/C=C\CCCCCCCC=O)[N+](=O)[O-]. The van der Waals surface area contributed by atoms with Gasteiger partial charge in [0.15, 0.2) is 0 Å². The summed E-state index contributed by atoms with van der Waals surface area (Å²) < 4.78 is 0. The molecule has 0 unspecified atom stereocenters. The van der Waals surface area contributed by atoms with Gasteiger partial charge in [-0.25, -0.2) is 0 Å². The van der Waals surface area contributed by atoms with E-state index in [2.05, 4.69) is 0 Å². The van der Waals surface area contributed by atoms with Crippen molar-refractivity contribution in [3.05, 3.63) is 46.2 Å². The Bertz CT molecular complexity index is 384. The van der Waals surface area contributed by atoms with E-state index in [1.54, 1.807) is 6.08 Å². The number of hydrogen-bond donors (Lipinski definition) is 0. The minimum absolute atomic E-state index is 0.269. The van der Waals surface area contributed by atoms with E-state index >= 15 is 0 Å². The summed E-state index contributed by atoms with van der Waals surface area (Å²) in [5, 5.41) is 10.9. The highest BCUT2D eigenvalue weighted by molar-refractivity contribution is 5.48. The second-order valence-electron chi connectivity index (χ2n) is 5.26. The van der Waals surface area contributed by atoms with Crippen LogP contribution in [0.1, 0.15) is 71.1 Å². The van der Waals surface area contributed by atoms with Crippen LogP contribution in [0.25, 0.3) is 0 Å². The molecular weight excluding hydrogens is 278 g/mol. The molecule has 0 aromatic carbocycles. The van der Waals surface area contributed by atoms with Crippen molar-refractivity contribution in [2.45, 2.75) is 71.1 Å². The summed E-state index contributed by atoms with van der Waals surface area (Å²) >= 11 is 0. The standard InChI is InChI=1S/C18H29NO3/c1-2-3-4-12-15-18(19(21)22)16-13-10-8-6-5-7-9-11-14-17-20/h3-4,10,13,15,17H,2,5-9,11-12,14,16H2,1H3/b4-3-,13-10-,18-15+. The smallest absolute Gasteiger partial charge is 0.246 e. The molecule has 0 atom stereocenters. The van der Waals surface area contributed by atoms with Gasteiger partial charge < -0.3 is 4.79 Å². The molecule has 0 heterocycles. The van der Waals surface area contributed by atoms with Gasteiger partial charge in [-0.1, -0.05) is 50.5 Å². The molecule has 0 aliphatic rings. The van der Waals surface area contributed by atoms with Crippen molar-refractivity contribution in [3.63, 3.8) is 0 Å². The second-order valence-corrected chi connectivity index (χ2v) is 5.26. The first-order chi connectivity index (χ1) is 10.7. The summed E-state index contributed by atoms with van der Waals surface area (Å²) in [6.07, 6.45) is 19.7. The Morgan fingerprint density at radius 2 is 1.64 bits per heavy atom. The topological polar surface area (TPSA) is 60.2 Å². The molecule has 0 aliphatic heterocycles. The molecule has 0 amide bonds. The zero-order valence-electron chi connectivity index (χ0n) is 13.7. The molecule has 0 saturated heterocycles. The third-order valence-electron chi connectivity index (χ3n) is 3.31. The van der Waals surface area contributed by atoms with E-state index in [1.807, 2.05) is 31.2 Å². The lowest BCUT2D eigenvalue weighted by Crippen LogP contribution is -1.97. The Morgan fingerprint density at radius 1 is 0.955 bits per heavy atom. The Balaban J connectivity index is 3.80. The van der Waals surface area contributed by atoms with Crippen molar-refractivity contribution in [2.24, 2.45) is 0 Å². The Hall–Kier alpha value is -1.71. The van der Waals surface area contributed by atoms with Crippen molar-refractivity contribution in [1.29, 1.82) is 0 Å². The Kier molecular flexibility index (Phi) is 14.5. The summed E-state index contributed by atoms with van der Waals surface area (Å²) in [6.45, 7) is 2.04. The summed E-state index contributed by atoms with van der Waals surface area (Å²) in [4.78, 5) is 20.8. The number of nitro groups is 1. The van der Waals surface area contributed by atoms with Crippen LogP contribution in [-0.4, -0.2) is 11.2 Å². The normalized spacial score (nSPS) is 12.3. The predicted octanol–water partition coefficient (Wildman–Crippen LogP) is 5.38. The quantitative estimate of drug-likeness (QED) is 0.142. The first-order valence-electron chi connectivity index (χ1n) is 8.29. The maximum Gasteiger partial charge on any atom is 0.246 e. The Morgan fingerprint density at radius 3 is 2.27 bits per heavy atom. The number of aldehydes is 1. The predicted molar refractivity (Wildman–Crippen MR) is 91.3 cm³/mol. The van der Waals surface area contributed by atoms with Crippen LogP contribution in [0.4, 0.5) is 0 Å². The van der Waals surface area contributed by atoms with Gasteiger partial charge in [-0.05, 0) is 38.2 Å². The number of unbranched alkanes of at least 4 members (excludes halogenated alkanes) is 6. The van der Waals surface area contributed by atoms with Crippen LogP contribution < -0.4 is 0 Å². The molecule has 0 saturated carbocycles. The zero-order valence-corrected chi connectivity index (χ0v) is 13.7. The summed E-state index contributed by atoms with van der Waals surface area (Å²) in [5.41, 5.74) is 0.269. The maximum absolute atomic E-state index is 10.9. The zero-order chi connectivity index (χ0) is 16.5. The number of carbonyl (C=O) groups is 1. The van der Waals surface area contributed by atoms with Crippen LogP contribution >= 0.6 is 0 Å². The van der Waals surface area contributed by atoms with E-state index in [0.717, 1.165) is 51.2 Å². The third-order valence-corrected chi connectivity index (χ3v) is 3.31. The molecule has 4 heteroatoms. The van der Waals surface area contributed by atoms with Crippen molar-refractivity contribution in [1.82, 2.24) is 0 Å². The van der Waals surface area contributed by atoms with E-state index in [0.29, 0.717) is 19.3 Å². The van der Waals surface area contributed by atoms with Gasteiger partial charge in [0.25, 0.3) is 0 Å². The van der Waals surface area contributed by atoms with Gasteiger partial charge in [0, 0.05) is 6.42 Å². The second kappa shape index (κ2) is 15.7. The molecule has 0 N–H and O–H groups in total. The highest BCUT2D eigenvalue weighted by atomic mass is 16.6. The largest absolute Gasteiger partial charge is 0.303 e. The fourth-order valence-corrected chi connectivity index (χ4v) is 2.04. The van der Waals surface area contributed by atoms with Crippen LogP contribution in [0.15, 0.2) is 36.1 Å².